The first-order valence-electron chi connectivity index (χ1n) is 14.0. The molecule has 0 saturated carbocycles. The summed E-state index contributed by atoms with van der Waals surface area (Å²) in [5, 5.41) is 2.62. The standard InChI is InChI=1S/C34H40N2O/c1-4-13-31(14-5-1)34(32-15-6-2-7-16-32)36-24-22-35(23-25-36)21-10-3-11-26-37-27-20-29-18-19-30-12-8-9-17-33(30)28-29/h1-2,4-9,12-19,28,34H,3,10-11,20-27H2. The van der Waals surface area contributed by atoms with Crippen LogP contribution < -0.4 is 0 Å². The van der Waals surface area contributed by atoms with E-state index in [2.05, 4.69) is 113 Å². The number of benzene rings is 4. The fourth-order valence-electron chi connectivity index (χ4n) is 5.53. The first-order valence-corrected chi connectivity index (χ1v) is 14.0. The highest BCUT2D eigenvalue weighted by Crippen LogP contribution is 2.29. The lowest BCUT2D eigenvalue weighted by atomic mass is 9.96. The molecule has 3 nitrogen and oxygen atoms in total. The van der Waals surface area contributed by atoms with E-state index in [1.54, 1.807) is 0 Å². The maximum absolute atomic E-state index is 5.95. The summed E-state index contributed by atoms with van der Waals surface area (Å²) < 4.78 is 5.95. The predicted molar refractivity (Wildman–Crippen MR) is 155 cm³/mol. The molecule has 1 heterocycles. The van der Waals surface area contributed by atoms with E-state index in [9.17, 15) is 0 Å². The molecule has 4 aromatic rings. The normalized spacial score (nSPS) is 14.9. The van der Waals surface area contributed by atoms with Crippen LogP contribution in [0, 0.1) is 0 Å². The van der Waals surface area contributed by atoms with Crippen LogP contribution in [-0.2, 0) is 11.2 Å². The molecule has 1 saturated heterocycles. The molecule has 1 aliphatic heterocycles. The quantitative estimate of drug-likeness (QED) is 0.199. The second-order valence-corrected chi connectivity index (χ2v) is 10.2. The van der Waals surface area contributed by atoms with E-state index in [0.29, 0.717) is 6.04 Å². The van der Waals surface area contributed by atoms with Crippen molar-refractivity contribution in [2.45, 2.75) is 31.7 Å². The fourth-order valence-corrected chi connectivity index (χ4v) is 5.53. The Hall–Kier alpha value is -2.98. The number of ether oxygens (including phenoxy) is 1. The van der Waals surface area contributed by atoms with Crippen LogP contribution in [0.15, 0.2) is 103 Å². The van der Waals surface area contributed by atoms with Crippen LogP contribution in [0.1, 0.15) is 42.0 Å². The molecule has 0 spiro atoms. The summed E-state index contributed by atoms with van der Waals surface area (Å²) in [6.07, 6.45) is 4.64. The third-order valence-corrected chi connectivity index (χ3v) is 7.61. The minimum atomic E-state index is 0.344. The number of unbranched alkanes of at least 4 members (excludes halogenated alkanes) is 2. The Morgan fingerprint density at radius 1 is 0.595 bits per heavy atom. The molecule has 0 bridgehead atoms. The maximum atomic E-state index is 5.95. The third kappa shape index (κ3) is 7.29. The van der Waals surface area contributed by atoms with Crippen molar-refractivity contribution in [1.29, 1.82) is 0 Å². The molecule has 37 heavy (non-hydrogen) atoms. The van der Waals surface area contributed by atoms with Crippen LogP contribution in [0.3, 0.4) is 0 Å². The van der Waals surface area contributed by atoms with E-state index in [0.717, 1.165) is 52.2 Å². The molecular formula is C34H40N2O. The molecule has 1 aliphatic rings. The molecule has 0 N–H and O–H groups in total. The average molecular weight is 493 g/mol. The van der Waals surface area contributed by atoms with Gasteiger partial charge in [-0.25, -0.2) is 0 Å². The van der Waals surface area contributed by atoms with Gasteiger partial charge in [-0.1, -0.05) is 103 Å². The first-order chi connectivity index (χ1) is 18.4. The Labute approximate surface area is 222 Å². The van der Waals surface area contributed by atoms with E-state index in [-0.39, 0.29) is 0 Å². The van der Waals surface area contributed by atoms with Gasteiger partial charge in [-0.05, 0) is 59.7 Å². The van der Waals surface area contributed by atoms with E-state index in [1.165, 1.54) is 46.8 Å². The van der Waals surface area contributed by atoms with Crippen molar-refractivity contribution < 1.29 is 4.74 Å². The van der Waals surface area contributed by atoms with E-state index in [4.69, 9.17) is 4.74 Å². The average Bonchev–Trinajstić information content (AvgIpc) is 2.96. The molecule has 0 atom stereocenters. The highest BCUT2D eigenvalue weighted by atomic mass is 16.5. The van der Waals surface area contributed by atoms with E-state index >= 15 is 0 Å². The van der Waals surface area contributed by atoms with E-state index < -0.39 is 0 Å². The zero-order chi connectivity index (χ0) is 25.1. The monoisotopic (exact) mass is 492 g/mol. The Morgan fingerprint density at radius 3 is 1.95 bits per heavy atom. The zero-order valence-electron chi connectivity index (χ0n) is 22.0. The Morgan fingerprint density at radius 2 is 1.24 bits per heavy atom. The molecule has 0 unspecified atom stereocenters. The molecule has 0 amide bonds. The molecule has 192 valence electrons. The summed E-state index contributed by atoms with van der Waals surface area (Å²) in [7, 11) is 0. The molecule has 1 fully saturated rings. The Bertz CT molecular complexity index is 1160. The van der Waals surface area contributed by atoms with Gasteiger partial charge < -0.3 is 9.64 Å². The Kier molecular flexibility index (Phi) is 9.38. The largest absolute Gasteiger partial charge is 0.381 e. The lowest BCUT2D eigenvalue weighted by molar-refractivity contribution is 0.105. The highest BCUT2D eigenvalue weighted by molar-refractivity contribution is 5.82. The predicted octanol–water partition coefficient (Wildman–Crippen LogP) is 6.98. The van der Waals surface area contributed by atoms with Crippen molar-refractivity contribution in [2.75, 3.05) is 45.9 Å². The zero-order valence-corrected chi connectivity index (χ0v) is 22.0. The lowest BCUT2D eigenvalue weighted by Gasteiger charge is -2.39. The molecule has 5 rings (SSSR count). The van der Waals surface area contributed by atoms with Crippen molar-refractivity contribution in [3.8, 4) is 0 Å². The smallest absolute Gasteiger partial charge is 0.0602 e. The highest BCUT2D eigenvalue weighted by Gasteiger charge is 2.26. The number of fused-ring (bicyclic) bond motifs is 1. The fraction of sp³-hybridized carbons (Fsp3) is 0.353. The number of hydrogen-bond acceptors (Lipinski definition) is 3. The van der Waals surface area contributed by atoms with Gasteiger partial charge in [0.1, 0.15) is 0 Å². The van der Waals surface area contributed by atoms with Gasteiger partial charge in [0.2, 0.25) is 0 Å². The molecule has 0 aromatic heterocycles. The minimum Gasteiger partial charge on any atom is -0.381 e. The Balaban J connectivity index is 0.978. The summed E-state index contributed by atoms with van der Waals surface area (Å²) in [6.45, 7) is 7.42. The van der Waals surface area contributed by atoms with Gasteiger partial charge in [0.15, 0.2) is 0 Å². The van der Waals surface area contributed by atoms with Crippen molar-refractivity contribution >= 4 is 10.8 Å². The molecule has 0 radical (unpaired) electrons. The second kappa shape index (κ2) is 13.5. The maximum Gasteiger partial charge on any atom is 0.0602 e. The van der Waals surface area contributed by atoms with Gasteiger partial charge in [-0.3, -0.25) is 4.90 Å². The number of piperazine rings is 1. The van der Waals surface area contributed by atoms with Gasteiger partial charge in [-0.15, -0.1) is 0 Å². The van der Waals surface area contributed by atoms with Gasteiger partial charge in [0, 0.05) is 32.8 Å². The topological polar surface area (TPSA) is 15.7 Å². The number of nitrogens with zero attached hydrogens (tertiary/aromatic N) is 2. The van der Waals surface area contributed by atoms with Crippen molar-refractivity contribution in [3.05, 3.63) is 120 Å². The summed E-state index contributed by atoms with van der Waals surface area (Å²) in [4.78, 5) is 5.30. The van der Waals surface area contributed by atoms with Gasteiger partial charge in [0.05, 0.1) is 12.6 Å². The summed E-state index contributed by atoms with van der Waals surface area (Å²) in [5.41, 5.74) is 4.14. The molecule has 4 aromatic carbocycles. The number of rotatable bonds is 12. The summed E-state index contributed by atoms with van der Waals surface area (Å²) >= 11 is 0. The SMILES string of the molecule is c1ccc(C(c2ccccc2)N2CCN(CCCCCOCCc3ccc4ccccc4c3)CC2)cc1. The lowest BCUT2D eigenvalue weighted by Crippen LogP contribution is -2.48. The minimum absolute atomic E-state index is 0.344. The van der Waals surface area contributed by atoms with Crippen LogP contribution in [0.2, 0.25) is 0 Å². The third-order valence-electron chi connectivity index (χ3n) is 7.61. The van der Waals surface area contributed by atoms with Crippen molar-refractivity contribution in [2.24, 2.45) is 0 Å². The van der Waals surface area contributed by atoms with E-state index in [1.807, 2.05) is 0 Å². The van der Waals surface area contributed by atoms with Crippen molar-refractivity contribution in [3.63, 3.8) is 0 Å². The first kappa shape index (κ1) is 25.7. The summed E-state index contributed by atoms with van der Waals surface area (Å²) in [6, 6.07) is 37.6. The summed E-state index contributed by atoms with van der Waals surface area (Å²) in [5.74, 6) is 0. The second-order valence-electron chi connectivity index (χ2n) is 10.2. The van der Waals surface area contributed by atoms with Crippen LogP contribution in [-0.4, -0.2) is 55.7 Å². The molecule has 3 heteroatoms. The number of hydrogen-bond donors (Lipinski definition) is 0. The van der Waals surface area contributed by atoms with Crippen molar-refractivity contribution in [1.82, 2.24) is 9.80 Å². The van der Waals surface area contributed by atoms with Gasteiger partial charge in [0.25, 0.3) is 0 Å². The van der Waals surface area contributed by atoms with Gasteiger partial charge >= 0.3 is 0 Å². The van der Waals surface area contributed by atoms with Crippen LogP contribution in [0.25, 0.3) is 10.8 Å². The van der Waals surface area contributed by atoms with Crippen LogP contribution >= 0.6 is 0 Å². The van der Waals surface area contributed by atoms with Crippen LogP contribution in [0.5, 0.6) is 0 Å². The van der Waals surface area contributed by atoms with Gasteiger partial charge in [-0.2, -0.15) is 0 Å². The molecular weight excluding hydrogens is 452 g/mol. The van der Waals surface area contributed by atoms with Crippen LogP contribution in [0.4, 0.5) is 0 Å². The molecule has 0 aliphatic carbocycles.